The lowest BCUT2D eigenvalue weighted by molar-refractivity contribution is 0.186. The van der Waals surface area contributed by atoms with Crippen molar-refractivity contribution in [2.24, 2.45) is 5.73 Å². The van der Waals surface area contributed by atoms with Crippen LogP contribution in [0.25, 0.3) is 0 Å². The lowest BCUT2D eigenvalue weighted by Gasteiger charge is -2.06. The highest BCUT2D eigenvalue weighted by molar-refractivity contribution is 5.85. The normalized spacial score (nSPS) is 11.9. The van der Waals surface area contributed by atoms with E-state index < -0.39 is 6.10 Å². The number of halogens is 2. The molecule has 0 spiro atoms. The molecule has 1 rings (SSSR count). The van der Waals surface area contributed by atoms with Crippen LogP contribution in [-0.2, 0) is 0 Å². The van der Waals surface area contributed by atoms with E-state index in [-0.39, 0.29) is 24.8 Å². The van der Waals surface area contributed by atoms with Crippen LogP contribution in [0, 0.1) is 5.82 Å². The van der Waals surface area contributed by atoms with E-state index >= 15 is 0 Å². The maximum Gasteiger partial charge on any atom is 0.123 e. The zero-order valence-corrected chi connectivity index (χ0v) is 7.22. The Hall–Kier alpha value is -0.640. The standard InChI is InChI=1S/C8H10FNO.ClH/c9-7-3-1-2-6(4-7)8(11)5-10;/h1-4,8,11H,5,10H2;1H/t8-;/m0./s1. The summed E-state index contributed by atoms with van der Waals surface area (Å²) < 4.78 is 12.5. The van der Waals surface area contributed by atoms with Crippen LogP contribution in [0.2, 0.25) is 0 Å². The summed E-state index contributed by atoms with van der Waals surface area (Å²) in [7, 11) is 0. The van der Waals surface area contributed by atoms with E-state index in [1.165, 1.54) is 12.1 Å². The van der Waals surface area contributed by atoms with Crippen molar-refractivity contribution in [3.05, 3.63) is 35.6 Å². The number of aliphatic hydroxyl groups is 1. The monoisotopic (exact) mass is 191 g/mol. The first-order valence-electron chi connectivity index (χ1n) is 3.37. The van der Waals surface area contributed by atoms with E-state index in [0.29, 0.717) is 5.56 Å². The van der Waals surface area contributed by atoms with Gasteiger partial charge in [0.15, 0.2) is 0 Å². The zero-order chi connectivity index (χ0) is 8.27. The first kappa shape index (κ1) is 11.4. The van der Waals surface area contributed by atoms with Crippen molar-refractivity contribution >= 4 is 12.4 Å². The van der Waals surface area contributed by atoms with Crippen LogP contribution in [0.5, 0.6) is 0 Å². The molecule has 0 bridgehead atoms. The second-order valence-electron chi connectivity index (χ2n) is 2.31. The van der Waals surface area contributed by atoms with Crippen LogP contribution >= 0.6 is 12.4 Å². The Morgan fingerprint density at radius 2 is 2.17 bits per heavy atom. The number of nitrogens with two attached hydrogens (primary N) is 1. The molecule has 0 fully saturated rings. The summed E-state index contributed by atoms with van der Waals surface area (Å²) in [4.78, 5) is 0. The molecule has 68 valence electrons. The fourth-order valence-corrected chi connectivity index (χ4v) is 0.850. The summed E-state index contributed by atoms with van der Waals surface area (Å²) in [5, 5.41) is 9.16. The lowest BCUT2D eigenvalue weighted by Crippen LogP contribution is -2.11. The summed E-state index contributed by atoms with van der Waals surface area (Å²) >= 11 is 0. The molecule has 0 aromatic heterocycles. The Labute approximate surface area is 76.6 Å². The lowest BCUT2D eigenvalue weighted by atomic mass is 10.1. The first-order chi connectivity index (χ1) is 5.24. The van der Waals surface area contributed by atoms with E-state index in [4.69, 9.17) is 10.8 Å². The molecule has 0 unspecified atom stereocenters. The van der Waals surface area contributed by atoms with Crippen molar-refractivity contribution in [1.29, 1.82) is 0 Å². The molecule has 0 heterocycles. The Balaban J connectivity index is 0.00000121. The molecule has 0 saturated heterocycles. The SMILES string of the molecule is Cl.NC[C@H](O)c1cccc(F)c1. The third-order valence-corrected chi connectivity index (χ3v) is 1.46. The van der Waals surface area contributed by atoms with E-state index in [1.54, 1.807) is 12.1 Å². The molecule has 4 heteroatoms. The minimum Gasteiger partial charge on any atom is -0.387 e. The van der Waals surface area contributed by atoms with E-state index in [0.717, 1.165) is 0 Å². The molecule has 2 nitrogen and oxygen atoms in total. The molecule has 0 radical (unpaired) electrons. The molecule has 12 heavy (non-hydrogen) atoms. The Kier molecular flexibility index (Phi) is 4.81. The van der Waals surface area contributed by atoms with Crippen LogP contribution in [0.1, 0.15) is 11.7 Å². The summed E-state index contributed by atoms with van der Waals surface area (Å²) in [5.41, 5.74) is 5.70. The molecule has 0 aliphatic carbocycles. The topological polar surface area (TPSA) is 46.2 Å². The molecule has 0 aliphatic rings. The maximum absolute atomic E-state index is 12.5. The molecular weight excluding hydrogens is 181 g/mol. The molecular formula is C8H11ClFNO. The average Bonchev–Trinajstić information content (AvgIpc) is 2.03. The third-order valence-electron chi connectivity index (χ3n) is 1.46. The van der Waals surface area contributed by atoms with Gasteiger partial charge in [-0.3, -0.25) is 0 Å². The van der Waals surface area contributed by atoms with E-state index in [9.17, 15) is 4.39 Å². The highest BCUT2D eigenvalue weighted by atomic mass is 35.5. The van der Waals surface area contributed by atoms with Crippen molar-refractivity contribution in [1.82, 2.24) is 0 Å². The van der Waals surface area contributed by atoms with Gasteiger partial charge < -0.3 is 10.8 Å². The summed E-state index contributed by atoms with van der Waals surface area (Å²) in [6.45, 7) is 0.115. The largest absolute Gasteiger partial charge is 0.387 e. The van der Waals surface area contributed by atoms with Gasteiger partial charge in [0.2, 0.25) is 0 Å². The van der Waals surface area contributed by atoms with Crippen molar-refractivity contribution < 1.29 is 9.50 Å². The van der Waals surface area contributed by atoms with Crippen LogP contribution in [-0.4, -0.2) is 11.7 Å². The molecule has 3 N–H and O–H groups in total. The number of hydrogen-bond acceptors (Lipinski definition) is 2. The van der Waals surface area contributed by atoms with E-state index in [1.807, 2.05) is 0 Å². The van der Waals surface area contributed by atoms with E-state index in [2.05, 4.69) is 0 Å². The van der Waals surface area contributed by atoms with Gasteiger partial charge in [-0.05, 0) is 17.7 Å². The van der Waals surface area contributed by atoms with Gasteiger partial charge in [0.25, 0.3) is 0 Å². The summed E-state index contributed by atoms with van der Waals surface area (Å²) in [6.07, 6.45) is -0.759. The van der Waals surface area contributed by atoms with Crippen LogP contribution < -0.4 is 5.73 Å². The van der Waals surface area contributed by atoms with Crippen LogP contribution in [0.15, 0.2) is 24.3 Å². The number of aliphatic hydroxyl groups excluding tert-OH is 1. The highest BCUT2D eigenvalue weighted by Crippen LogP contribution is 2.11. The molecule has 1 atom stereocenters. The summed E-state index contributed by atoms with van der Waals surface area (Å²) in [5.74, 6) is -0.352. The average molecular weight is 192 g/mol. The van der Waals surface area contributed by atoms with Gasteiger partial charge in [0, 0.05) is 6.54 Å². The second kappa shape index (κ2) is 5.09. The molecule has 1 aromatic rings. The predicted molar refractivity (Wildman–Crippen MR) is 47.7 cm³/mol. The number of rotatable bonds is 2. The van der Waals surface area contributed by atoms with Crippen molar-refractivity contribution in [2.45, 2.75) is 6.10 Å². The fraction of sp³-hybridized carbons (Fsp3) is 0.250. The quantitative estimate of drug-likeness (QED) is 0.739. The number of benzene rings is 1. The van der Waals surface area contributed by atoms with Crippen LogP contribution in [0.4, 0.5) is 4.39 Å². The fourth-order valence-electron chi connectivity index (χ4n) is 0.850. The molecule has 0 saturated carbocycles. The molecule has 1 aromatic carbocycles. The van der Waals surface area contributed by atoms with Crippen LogP contribution in [0.3, 0.4) is 0 Å². The van der Waals surface area contributed by atoms with Gasteiger partial charge >= 0.3 is 0 Å². The predicted octanol–water partition coefficient (Wildman–Crippen LogP) is 1.24. The maximum atomic E-state index is 12.5. The van der Waals surface area contributed by atoms with Gasteiger partial charge in [-0.1, -0.05) is 12.1 Å². The molecule has 0 aliphatic heterocycles. The Morgan fingerprint density at radius 1 is 1.50 bits per heavy atom. The third kappa shape index (κ3) is 2.77. The van der Waals surface area contributed by atoms with Gasteiger partial charge in [0.05, 0.1) is 6.10 Å². The highest BCUT2D eigenvalue weighted by Gasteiger charge is 2.04. The minimum atomic E-state index is -0.759. The van der Waals surface area contributed by atoms with Gasteiger partial charge in [-0.25, -0.2) is 4.39 Å². The van der Waals surface area contributed by atoms with Crippen molar-refractivity contribution in [3.8, 4) is 0 Å². The Bertz CT molecular complexity index is 244. The minimum absolute atomic E-state index is 0. The van der Waals surface area contributed by atoms with Gasteiger partial charge in [-0.2, -0.15) is 0 Å². The van der Waals surface area contributed by atoms with Crippen molar-refractivity contribution in [2.75, 3.05) is 6.54 Å². The van der Waals surface area contributed by atoms with Gasteiger partial charge in [0.1, 0.15) is 5.82 Å². The molecule has 0 amide bonds. The number of hydrogen-bond donors (Lipinski definition) is 2. The van der Waals surface area contributed by atoms with Crippen molar-refractivity contribution in [3.63, 3.8) is 0 Å². The first-order valence-corrected chi connectivity index (χ1v) is 3.37. The zero-order valence-electron chi connectivity index (χ0n) is 6.40. The van der Waals surface area contributed by atoms with Gasteiger partial charge in [-0.15, -0.1) is 12.4 Å². The Morgan fingerprint density at radius 3 is 2.67 bits per heavy atom. The second-order valence-corrected chi connectivity index (χ2v) is 2.31. The smallest absolute Gasteiger partial charge is 0.123 e. The summed E-state index contributed by atoms with van der Waals surface area (Å²) in [6, 6.07) is 5.79.